The molecule has 0 spiro atoms. The Hall–Kier alpha value is -1.10. The number of carboxylic acid groups (broad SMARTS) is 1. The number of methoxy groups -OCH3 is 1. The van der Waals surface area contributed by atoms with Crippen LogP contribution in [-0.2, 0) is 14.3 Å². The van der Waals surface area contributed by atoms with E-state index in [4.69, 9.17) is 5.11 Å². The van der Waals surface area contributed by atoms with Crippen LogP contribution in [0.5, 0.6) is 0 Å². The predicted molar refractivity (Wildman–Crippen MR) is 55.5 cm³/mol. The summed E-state index contributed by atoms with van der Waals surface area (Å²) in [5.41, 5.74) is 0. The molecule has 15 heavy (non-hydrogen) atoms. The molecule has 1 N–H and O–H groups in total. The Kier molecular flexibility index (Phi) is 5.93. The van der Waals surface area contributed by atoms with Crippen LogP contribution in [0.25, 0.3) is 0 Å². The molecule has 0 aromatic rings. The lowest BCUT2D eigenvalue weighted by molar-refractivity contribution is -0.143. The summed E-state index contributed by atoms with van der Waals surface area (Å²) >= 11 is 0. The number of hydrogen-bond acceptors (Lipinski definition) is 4. The molecular formula is C10H19NO4. The van der Waals surface area contributed by atoms with Crippen LogP contribution in [0.3, 0.4) is 0 Å². The number of nitrogens with zero attached hydrogens (tertiary/aromatic N) is 1. The molecule has 0 saturated heterocycles. The Bertz CT molecular complexity index is 229. The van der Waals surface area contributed by atoms with Crippen LogP contribution in [0.1, 0.15) is 20.3 Å². The molecule has 2 atom stereocenters. The van der Waals surface area contributed by atoms with Gasteiger partial charge in [0.15, 0.2) is 0 Å². The molecule has 0 aliphatic carbocycles. The first kappa shape index (κ1) is 13.9. The Morgan fingerprint density at radius 3 is 2.33 bits per heavy atom. The maximum atomic E-state index is 10.9. The highest BCUT2D eigenvalue weighted by Gasteiger charge is 2.23. The average molecular weight is 217 g/mol. The molecule has 0 rings (SSSR count). The van der Waals surface area contributed by atoms with Crippen molar-refractivity contribution in [3.8, 4) is 0 Å². The number of esters is 1. The van der Waals surface area contributed by atoms with E-state index in [1.54, 1.807) is 14.0 Å². The van der Waals surface area contributed by atoms with Crippen molar-refractivity contribution in [3.05, 3.63) is 0 Å². The van der Waals surface area contributed by atoms with Crippen LogP contribution in [-0.4, -0.2) is 48.7 Å². The molecule has 0 bridgehead atoms. The minimum absolute atomic E-state index is 0.104. The molecule has 0 saturated carbocycles. The molecule has 0 aliphatic heterocycles. The van der Waals surface area contributed by atoms with Gasteiger partial charge in [-0.25, -0.2) is 0 Å². The maximum Gasteiger partial charge on any atom is 0.307 e. The molecule has 0 radical (unpaired) electrons. The van der Waals surface area contributed by atoms with E-state index in [1.807, 2.05) is 11.8 Å². The number of aliphatic carboxylic acids is 1. The van der Waals surface area contributed by atoms with Crippen LogP contribution in [0.15, 0.2) is 0 Å². The smallest absolute Gasteiger partial charge is 0.307 e. The van der Waals surface area contributed by atoms with E-state index >= 15 is 0 Å². The number of carbonyl (C=O) groups excluding carboxylic acids is 1. The predicted octanol–water partition coefficient (Wildman–Crippen LogP) is 0.590. The van der Waals surface area contributed by atoms with E-state index in [-0.39, 0.29) is 18.4 Å². The molecule has 0 aromatic carbocycles. The Labute approximate surface area is 90.0 Å². The maximum absolute atomic E-state index is 10.9. The van der Waals surface area contributed by atoms with Gasteiger partial charge in [0.25, 0.3) is 0 Å². The third-order valence-electron chi connectivity index (χ3n) is 2.70. The number of rotatable bonds is 6. The first-order chi connectivity index (χ1) is 6.90. The minimum atomic E-state index is -0.826. The second-order valence-corrected chi connectivity index (χ2v) is 3.67. The van der Waals surface area contributed by atoms with Crippen LogP contribution >= 0.6 is 0 Å². The quantitative estimate of drug-likeness (QED) is 0.659. The van der Waals surface area contributed by atoms with E-state index in [2.05, 4.69) is 4.74 Å². The molecule has 5 nitrogen and oxygen atoms in total. The Balaban J connectivity index is 4.04. The lowest BCUT2D eigenvalue weighted by atomic mass is 10.0. The van der Waals surface area contributed by atoms with Gasteiger partial charge in [0, 0.05) is 12.6 Å². The minimum Gasteiger partial charge on any atom is -0.481 e. The first-order valence-corrected chi connectivity index (χ1v) is 4.90. The summed E-state index contributed by atoms with van der Waals surface area (Å²) in [6.07, 6.45) is 0.281. The number of carboxylic acids is 1. The van der Waals surface area contributed by atoms with Gasteiger partial charge < -0.3 is 14.7 Å². The zero-order valence-corrected chi connectivity index (χ0v) is 9.69. The Morgan fingerprint density at radius 2 is 1.93 bits per heavy atom. The van der Waals surface area contributed by atoms with Gasteiger partial charge in [0.2, 0.25) is 0 Å². The van der Waals surface area contributed by atoms with Crippen LogP contribution < -0.4 is 0 Å². The third-order valence-corrected chi connectivity index (χ3v) is 2.70. The lowest BCUT2D eigenvalue weighted by Gasteiger charge is -2.27. The highest BCUT2D eigenvalue weighted by atomic mass is 16.5. The molecule has 0 aliphatic rings. The van der Waals surface area contributed by atoms with Gasteiger partial charge >= 0.3 is 11.9 Å². The zero-order valence-electron chi connectivity index (χ0n) is 9.69. The molecular weight excluding hydrogens is 198 g/mol. The summed E-state index contributed by atoms with van der Waals surface area (Å²) in [7, 11) is 3.14. The zero-order chi connectivity index (χ0) is 12.0. The van der Waals surface area contributed by atoms with Crippen molar-refractivity contribution in [1.82, 2.24) is 4.90 Å². The van der Waals surface area contributed by atoms with E-state index in [9.17, 15) is 9.59 Å². The van der Waals surface area contributed by atoms with Crippen molar-refractivity contribution in [2.45, 2.75) is 26.3 Å². The molecule has 88 valence electrons. The summed E-state index contributed by atoms with van der Waals surface area (Å²) in [5.74, 6) is -1.56. The normalized spacial score (nSPS) is 14.7. The second kappa shape index (κ2) is 6.40. The summed E-state index contributed by atoms with van der Waals surface area (Å²) in [4.78, 5) is 23.4. The van der Waals surface area contributed by atoms with Crippen LogP contribution in [0.2, 0.25) is 0 Å². The topological polar surface area (TPSA) is 66.8 Å². The van der Waals surface area contributed by atoms with Gasteiger partial charge in [-0.05, 0) is 14.0 Å². The SMILES string of the molecule is COC(=O)CCN(C)C(C)C(C)C(=O)O. The van der Waals surface area contributed by atoms with Gasteiger partial charge in [-0.3, -0.25) is 9.59 Å². The van der Waals surface area contributed by atoms with E-state index in [0.29, 0.717) is 6.54 Å². The fourth-order valence-electron chi connectivity index (χ4n) is 1.16. The molecule has 0 aromatic heterocycles. The van der Waals surface area contributed by atoms with Gasteiger partial charge in [-0.2, -0.15) is 0 Å². The summed E-state index contributed by atoms with van der Waals surface area (Å²) in [6, 6.07) is -0.104. The van der Waals surface area contributed by atoms with E-state index in [1.165, 1.54) is 7.11 Å². The fourth-order valence-corrected chi connectivity index (χ4v) is 1.16. The van der Waals surface area contributed by atoms with Gasteiger partial charge in [-0.15, -0.1) is 0 Å². The summed E-state index contributed by atoms with van der Waals surface area (Å²) in [6.45, 7) is 3.99. The van der Waals surface area contributed by atoms with Crippen LogP contribution in [0, 0.1) is 5.92 Å². The lowest BCUT2D eigenvalue weighted by Crippen LogP contribution is -2.39. The largest absolute Gasteiger partial charge is 0.481 e. The average Bonchev–Trinajstić information content (AvgIpc) is 2.22. The summed E-state index contributed by atoms with van der Waals surface area (Å²) < 4.78 is 4.51. The molecule has 5 heteroatoms. The number of hydrogen-bond donors (Lipinski definition) is 1. The summed E-state index contributed by atoms with van der Waals surface area (Å²) in [5, 5.41) is 8.81. The van der Waals surface area contributed by atoms with E-state index in [0.717, 1.165) is 0 Å². The highest BCUT2D eigenvalue weighted by Crippen LogP contribution is 2.09. The fraction of sp³-hybridized carbons (Fsp3) is 0.800. The van der Waals surface area contributed by atoms with Crippen molar-refractivity contribution in [2.24, 2.45) is 5.92 Å². The molecule has 0 fully saturated rings. The first-order valence-electron chi connectivity index (χ1n) is 4.90. The van der Waals surface area contributed by atoms with Crippen molar-refractivity contribution < 1.29 is 19.4 Å². The van der Waals surface area contributed by atoms with Crippen LogP contribution in [0.4, 0.5) is 0 Å². The Morgan fingerprint density at radius 1 is 1.40 bits per heavy atom. The van der Waals surface area contributed by atoms with Crippen molar-refractivity contribution in [1.29, 1.82) is 0 Å². The van der Waals surface area contributed by atoms with E-state index < -0.39 is 11.9 Å². The van der Waals surface area contributed by atoms with Crippen molar-refractivity contribution in [3.63, 3.8) is 0 Å². The standard InChI is InChI=1S/C10H19NO4/c1-7(10(13)14)8(2)11(3)6-5-9(12)15-4/h7-8H,5-6H2,1-4H3,(H,13,14). The van der Waals surface area contributed by atoms with Crippen molar-refractivity contribution >= 4 is 11.9 Å². The van der Waals surface area contributed by atoms with Gasteiger partial charge in [-0.1, -0.05) is 6.92 Å². The molecule has 2 unspecified atom stereocenters. The molecule has 0 heterocycles. The molecule has 0 amide bonds. The monoisotopic (exact) mass is 217 g/mol. The number of ether oxygens (including phenoxy) is 1. The third kappa shape index (κ3) is 4.78. The number of carbonyl (C=O) groups is 2. The van der Waals surface area contributed by atoms with Crippen molar-refractivity contribution in [2.75, 3.05) is 20.7 Å². The second-order valence-electron chi connectivity index (χ2n) is 3.67. The van der Waals surface area contributed by atoms with Gasteiger partial charge in [0.05, 0.1) is 19.4 Å². The van der Waals surface area contributed by atoms with Gasteiger partial charge in [0.1, 0.15) is 0 Å². The highest BCUT2D eigenvalue weighted by molar-refractivity contribution is 5.70.